The summed E-state index contributed by atoms with van der Waals surface area (Å²) in [6.07, 6.45) is 0. The Hall–Kier alpha value is -1.02. The highest BCUT2D eigenvalue weighted by atomic mass is 32.2. The van der Waals surface area contributed by atoms with Crippen molar-refractivity contribution in [2.45, 2.75) is 20.9 Å². The topological polar surface area (TPSA) is 72.2 Å². The van der Waals surface area contributed by atoms with Crippen LogP contribution in [0, 0.1) is 0 Å². The molecule has 0 fully saturated rings. The molecule has 0 radical (unpaired) electrons. The summed E-state index contributed by atoms with van der Waals surface area (Å²) in [6.45, 7) is 2.11. The average molecular weight is 314 g/mol. The van der Waals surface area contributed by atoms with Crippen LogP contribution in [0.25, 0.3) is 0 Å². The second kappa shape index (κ2) is 5.96. The molecule has 4 nitrogen and oxygen atoms in total. The van der Waals surface area contributed by atoms with E-state index in [4.69, 9.17) is 5.73 Å². The number of rotatable bonds is 5. The first-order valence-electron chi connectivity index (χ1n) is 5.63. The molecule has 0 aliphatic heterocycles. The Balaban J connectivity index is 2.35. The molecule has 0 amide bonds. The van der Waals surface area contributed by atoms with Crippen molar-refractivity contribution in [2.75, 3.05) is 12.3 Å². The molecule has 1 aromatic heterocycles. The number of nitrogens with two attached hydrogens (primary N) is 1. The quantitative estimate of drug-likeness (QED) is 0.832. The van der Waals surface area contributed by atoms with Gasteiger partial charge in [0.15, 0.2) is 0 Å². The Morgan fingerprint density at radius 2 is 2.16 bits per heavy atom. The van der Waals surface area contributed by atoms with Crippen LogP contribution in [0.4, 0.5) is 5.69 Å². The van der Waals surface area contributed by atoms with E-state index >= 15 is 0 Å². The SMILES string of the molecule is CCNS(=O)(=O)c1ccc(N)c(Sc2cccs2)c1. The molecule has 0 saturated heterocycles. The van der Waals surface area contributed by atoms with Crippen molar-refractivity contribution in [3.63, 3.8) is 0 Å². The Labute approximate surface area is 121 Å². The first kappa shape index (κ1) is 14.4. The van der Waals surface area contributed by atoms with E-state index in [1.807, 2.05) is 17.5 Å². The number of hydrogen-bond acceptors (Lipinski definition) is 5. The summed E-state index contributed by atoms with van der Waals surface area (Å²) in [6, 6.07) is 8.67. The smallest absolute Gasteiger partial charge is 0.240 e. The summed E-state index contributed by atoms with van der Waals surface area (Å²) in [5.74, 6) is 0. The lowest BCUT2D eigenvalue weighted by molar-refractivity contribution is 0.583. The number of sulfonamides is 1. The fraction of sp³-hybridized carbons (Fsp3) is 0.167. The molecule has 0 unspecified atom stereocenters. The zero-order valence-corrected chi connectivity index (χ0v) is 12.7. The molecule has 0 aliphatic carbocycles. The van der Waals surface area contributed by atoms with Crippen LogP contribution < -0.4 is 10.5 Å². The van der Waals surface area contributed by atoms with Crippen LogP contribution in [0.2, 0.25) is 0 Å². The van der Waals surface area contributed by atoms with Crippen LogP contribution >= 0.6 is 23.1 Å². The molecule has 2 rings (SSSR count). The number of thiophene rings is 1. The Kier molecular flexibility index (Phi) is 4.51. The van der Waals surface area contributed by atoms with Crippen LogP contribution in [0.3, 0.4) is 0 Å². The van der Waals surface area contributed by atoms with Crippen LogP contribution in [-0.2, 0) is 10.0 Å². The predicted octanol–water partition coefficient (Wildman–Crippen LogP) is 2.78. The van der Waals surface area contributed by atoms with Gasteiger partial charge in [0.25, 0.3) is 0 Å². The van der Waals surface area contributed by atoms with Gasteiger partial charge in [-0.3, -0.25) is 0 Å². The van der Waals surface area contributed by atoms with Gasteiger partial charge in [0.2, 0.25) is 10.0 Å². The molecule has 0 aliphatic rings. The molecule has 19 heavy (non-hydrogen) atoms. The van der Waals surface area contributed by atoms with Crippen molar-refractivity contribution < 1.29 is 8.42 Å². The van der Waals surface area contributed by atoms with Gasteiger partial charge in [-0.25, -0.2) is 13.1 Å². The molecular weight excluding hydrogens is 300 g/mol. The van der Waals surface area contributed by atoms with E-state index in [9.17, 15) is 8.42 Å². The van der Waals surface area contributed by atoms with Gasteiger partial charge in [0.05, 0.1) is 9.10 Å². The normalized spacial score (nSPS) is 11.6. The van der Waals surface area contributed by atoms with Gasteiger partial charge in [-0.2, -0.15) is 0 Å². The summed E-state index contributed by atoms with van der Waals surface area (Å²) in [5.41, 5.74) is 6.47. The van der Waals surface area contributed by atoms with E-state index in [2.05, 4.69) is 4.72 Å². The summed E-state index contributed by atoms with van der Waals surface area (Å²) in [4.78, 5) is 0.990. The van der Waals surface area contributed by atoms with Gasteiger partial charge >= 0.3 is 0 Å². The third kappa shape index (κ3) is 3.50. The number of anilines is 1. The maximum absolute atomic E-state index is 11.9. The van der Waals surface area contributed by atoms with Crippen molar-refractivity contribution >= 4 is 38.8 Å². The van der Waals surface area contributed by atoms with Crippen molar-refractivity contribution in [3.05, 3.63) is 35.7 Å². The molecule has 102 valence electrons. The summed E-state index contributed by atoms with van der Waals surface area (Å²) in [5, 5.41) is 1.97. The third-order valence-electron chi connectivity index (χ3n) is 2.34. The van der Waals surface area contributed by atoms with Gasteiger partial charge in [0.1, 0.15) is 0 Å². The summed E-state index contributed by atoms with van der Waals surface area (Å²) >= 11 is 3.06. The second-order valence-corrected chi connectivity index (χ2v) is 7.79. The standard InChI is InChI=1S/C12H14N2O2S3/c1-2-14-19(15,16)9-5-6-10(13)11(8-9)18-12-4-3-7-17-12/h3-8,14H,2,13H2,1H3. The van der Waals surface area contributed by atoms with Crippen LogP contribution in [-0.4, -0.2) is 15.0 Å². The summed E-state index contributed by atoms with van der Waals surface area (Å²) in [7, 11) is -3.44. The van der Waals surface area contributed by atoms with Gasteiger partial charge < -0.3 is 5.73 Å². The van der Waals surface area contributed by atoms with Crippen LogP contribution in [0.1, 0.15) is 6.92 Å². The molecule has 0 spiro atoms. The first-order valence-corrected chi connectivity index (χ1v) is 8.81. The molecule has 0 bridgehead atoms. The van der Waals surface area contributed by atoms with E-state index in [-0.39, 0.29) is 4.90 Å². The molecule has 1 aromatic carbocycles. The highest BCUT2D eigenvalue weighted by Crippen LogP contribution is 2.35. The number of nitrogen functional groups attached to an aromatic ring is 1. The summed E-state index contributed by atoms with van der Waals surface area (Å²) < 4.78 is 27.4. The Morgan fingerprint density at radius 3 is 2.79 bits per heavy atom. The maximum Gasteiger partial charge on any atom is 0.240 e. The monoisotopic (exact) mass is 314 g/mol. The fourth-order valence-electron chi connectivity index (χ4n) is 1.47. The van der Waals surface area contributed by atoms with Crippen molar-refractivity contribution in [3.8, 4) is 0 Å². The minimum absolute atomic E-state index is 0.239. The lowest BCUT2D eigenvalue weighted by Crippen LogP contribution is -2.23. The second-order valence-electron chi connectivity index (χ2n) is 3.74. The Bertz CT molecular complexity index is 652. The minimum atomic E-state index is -3.44. The predicted molar refractivity (Wildman–Crippen MR) is 80.2 cm³/mol. The van der Waals surface area contributed by atoms with E-state index in [0.717, 1.165) is 9.10 Å². The van der Waals surface area contributed by atoms with Gasteiger partial charge in [-0.05, 0) is 29.6 Å². The number of nitrogens with one attached hydrogen (secondary N) is 1. The third-order valence-corrected chi connectivity index (χ3v) is 5.99. The van der Waals surface area contributed by atoms with E-state index in [1.165, 1.54) is 17.8 Å². The Morgan fingerprint density at radius 1 is 1.37 bits per heavy atom. The highest BCUT2D eigenvalue weighted by molar-refractivity contribution is 8.01. The van der Waals surface area contributed by atoms with Crippen LogP contribution in [0.15, 0.2) is 49.7 Å². The molecule has 0 saturated carbocycles. The molecule has 7 heteroatoms. The lowest BCUT2D eigenvalue weighted by Gasteiger charge is -2.08. The zero-order valence-electron chi connectivity index (χ0n) is 10.3. The molecule has 3 N–H and O–H groups in total. The molecule has 1 heterocycles. The lowest BCUT2D eigenvalue weighted by atomic mass is 10.3. The maximum atomic E-state index is 11.9. The van der Waals surface area contributed by atoms with E-state index in [1.54, 1.807) is 30.4 Å². The largest absolute Gasteiger partial charge is 0.398 e. The molecule has 0 atom stereocenters. The van der Waals surface area contributed by atoms with Gasteiger partial charge in [-0.1, -0.05) is 24.8 Å². The van der Waals surface area contributed by atoms with Gasteiger partial charge in [0, 0.05) is 17.1 Å². The van der Waals surface area contributed by atoms with Crippen molar-refractivity contribution in [2.24, 2.45) is 0 Å². The van der Waals surface area contributed by atoms with Crippen LogP contribution in [0.5, 0.6) is 0 Å². The van der Waals surface area contributed by atoms with Gasteiger partial charge in [-0.15, -0.1) is 11.3 Å². The molecule has 2 aromatic rings. The first-order chi connectivity index (χ1) is 9.03. The van der Waals surface area contributed by atoms with E-state index in [0.29, 0.717) is 12.2 Å². The average Bonchev–Trinajstić information content (AvgIpc) is 2.84. The number of hydrogen-bond donors (Lipinski definition) is 2. The number of benzene rings is 1. The fourth-order valence-corrected chi connectivity index (χ4v) is 4.43. The highest BCUT2D eigenvalue weighted by Gasteiger charge is 2.15. The van der Waals surface area contributed by atoms with E-state index < -0.39 is 10.0 Å². The minimum Gasteiger partial charge on any atom is -0.398 e. The zero-order chi connectivity index (χ0) is 13.9. The molecular formula is C12H14N2O2S3. The van der Waals surface area contributed by atoms with Crippen molar-refractivity contribution in [1.82, 2.24) is 4.72 Å². The van der Waals surface area contributed by atoms with Crippen molar-refractivity contribution in [1.29, 1.82) is 0 Å².